The molecule has 1 saturated heterocycles. The van der Waals surface area contributed by atoms with Crippen molar-refractivity contribution in [3.63, 3.8) is 0 Å². The van der Waals surface area contributed by atoms with Gasteiger partial charge in [-0.15, -0.1) is 0 Å². The van der Waals surface area contributed by atoms with Crippen LogP contribution in [-0.4, -0.2) is 18.3 Å². The Morgan fingerprint density at radius 2 is 1.64 bits per heavy atom. The van der Waals surface area contributed by atoms with Crippen LogP contribution in [0.2, 0.25) is 0 Å². The second-order valence-corrected chi connectivity index (χ2v) is 7.19. The van der Waals surface area contributed by atoms with E-state index in [0.717, 1.165) is 6.08 Å². The Hall–Kier alpha value is -0.785. The molecule has 0 spiro atoms. The molecule has 0 bridgehead atoms. The number of hydrogen-bond acceptors (Lipinski definition) is 2. The summed E-state index contributed by atoms with van der Waals surface area (Å²) < 4.78 is 53.5. The number of aryl methyl sites for hydroxylation is 1. The van der Waals surface area contributed by atoms with Gasteiger partial charge < -0.3 is 9.31 Å². The van der Waals surface area contributed by atoms with E-state index in [9.17, 15) is 13.2 Å². The average molecular weight is 377 g/mol. The van der Waals surface area contributed by atoms with Crippen LogP contribution in [0.25, 0.3) is 6.08 Å². The van der Waals surface area contributed by atoms with Gasteiger partial charge in [-0.1, -0.05) is 0 Å². The molecule has 1 aliphatic rings. The van der Waals surface area contributed by atoms with Crippen LogP contribution in [0.1, 0.15) is 38.8 Å². The lowest BCUT2D eigenvalue weighted by Gasteiger charge is -2.32. The van der Waals surface area contributed by atoms with Crippen molar-refractivity contribution in [2.45, 2.75) is 45.8 Å². The maximum atomic E-state index is 14.4. The summed E-state index contributed by atoms with van der Waals surface area (Å²) in [7, 11) is -1.29. The van der Waals surface area contributed by atoms with Gasteiger partial charge in [-0.2, -0.15) is 0 Å². The lowest BCUT2D eigenvalue weighted by atomic mass is 9.86. The Morgan fingerprint density at radius 1 is 1.14 bits per heavy atom. The lowest BCUT2D eigenvalue weighted by molar-refractivity contribution is 0.00578. The number of benzene rings is 1. The Labute approximate surface area is 137 Å². The standard InChI is InChI=1S/C15H17BBrF3O2/c1-8-6-10(17)13(20)9(12(8)19)7-11(18)16-21-14(2,3)15(4,5)22-16/h6-7H,1-5H3. The Bertz CT molecular complexity index is 602. The highest BCUT2D eigenvalue weighted by Crippen LogP contribution is 2.39. The summed E-state index contributed by atoms with van der Waals surface area (Å²) in [4.78, 5) is 0. The van der Waals surface area contributed by atoms with Crippen molar-refractivity contribution in [2.75, 3.05) is 0 Å². The summed E-state index contributed by atoms with van der Waals surface area (Å²) in [6.45, 7) is 8.55. The maximum Gasteiger partial charge on any atom is 0.525 e. The average Bonchev–Trinajstić information content (AvgIpc) is 2.61. The van der Waals surface area contributed by atoms with Gasteiger partial charge in [0, 0.05) is 5.56 Å². The smallest absolute Gasteiger partial charge is 0.398 e. The van der Waals surface area contributed by atoms with Crippen LogP contribution in [0.5, 0.6) is 0 Å². The van der Waals surface area contributed by atoms with Gasteiger partial charge in [-0.25, -0.2) is 13.2 Å². The largest absolute Gasteiger partial charge is 0.525 e. The zero-order valence-electron chi connectivity index (χ0n) is 13.1. The third kappa shape index (κ3) is 2.98. The van der Waals surface area contributed by atoms with Gasteiger partial charge >= 0.3 is 7.12 Å². The molecule has 22 heavy (non-hydrogen) atoms. The van der Waals surface area contributed by atoms with Gasteiger partial charge in [-0.3, -0.25) is 0 Å². The first-order chi connectivity index (χ1) is 9.96. The summed E-state index contributed by atoms with van der Waals surface area (Å²) >= 11 is 2.98. The molecule has 0 amide bonds. The van der Waals surface area contributed by atoms with Crippen molar-refractivity contribution in [1.29, 1.82) is 0 Å². The molecular formula is C15H17BBrF3O2. The van der Waals surface area contributed by atoms with E-state index in [0.29, 0.717) is 0 Å². The minimum absolute atomic E-state index is 0.0689. The first-order valence-electron chi connectivity index (χ1n) is 6.83. The van der Waals surface area contributed by atoms with E-state index < -0.39 is 41.2 Å². The molecule has 0 aromatic heterocycles. The van der Waals surface area contributed by atoms with Crippen LogP contribution in [-0.2, 0) is 9.31 Å². The number of hydrogen-bond donors (Lipinski definition) is 0. The highest BCUT2D eigenvalue weighted by molar-refractivity contribution is 9.10. The zero-order chi connectivity index (χ0) is 16.9. The Balaban J connectivity index is 2.40. The monoisotopic (exact) mass is 376 g/mol. The van der Waals surface area contributed by atoms with E-state index in [1.165, 1.54) is 13.0 Å². The van der Waals surface area contributed by atoms with Crippen LogP contribution < -0.4 is 0 Å². The summed E-state index contributed by atoms with van der Waals surface area (Å²) in [6.07, 6.45) is 0.782. The molecule has 1 fully saturated rings. The van der Waals surface area contributed by atoms with Gasteiger partial charge in [0.2, 0.25) is 0 Å². The minimum atomic E-state index is -1.29. The topological polar surface area (TPSA) is 18.5 Å². The molecule has 2 rings (SSSR count). The van der Waals surface area contributed by atoms with Crippen LogP contribution in [0.3, 0.4) is 0 Å². The van der Waals surface area contributed by atoms with E-state index >= 15 is 0 Å². The van der Waals surface area contributed by atoms with Gasteiger partial charge in [0.05, 0.1) is 15.7 Å². The van der Waals surface area contributed by atoms with Gasteiger partial charge in [0.25, 0.3) is 0 Å². The van der Waals surface area contributed by atoms with Crippen molar-refractivity contribution in [1.82, 2.24) is 0 Å². The normalized spacial score (nSPS) is 20.6. The summed E-state index contributed by atoms with van der Waals surface area (Å²) in [5, 5.41) is 0. The highest BCUT2D eigenvalue weighted by atomic mass is 79.9. The molecule has 0 unspecified atom stereocenters. The molecule has 0 atom stereocenters. The number of rotatable bonds is 2. The van der Waals surface area contributed by atoms with Crippen molar-refractivity contribution in [2.24, 2.45) is 0 Å². The molecule has 2 nitrogen and oxygen atoms in total. The van der Waals surface area contributed by atoms with Crippen LogP contribution in [0.15, 0.2) is 16.3 Å². The summed E-state index contributed by atoms with van der Waals surface area (Å²) in [5.74, 6) is -1.68. The third-order valence-corrected chi connectivity index (χ3v) is 4.71. The van der Waals surface area contributed by atoms with E-state index in [2.05, 4.69) is 15.9 Å². The van der Waals surface area contributed by atoms with Gasteiger partial charge in [0.15, 0.2) is 0 Å². The highest BCUT2D eigenvalue weighted by Gasteiger charge is 2.53. The lowest BCUT2D eigenvalue weighted by Crippen LogP contribution is -2.41. The molecule has 1 heterocycles. The van der Waals surface area contributed by atoms with Crippen molar-refractivity contribution in [3.05, 3.63) is 39.0 Å². The molecule has 1 aromatic rings. The summed E-state index contributed by atoms with van der Waals surface area (Å²) in [5.41, 5.74) is -2.59. The minimum Gasteiger partial charge on any atom is -0.398 e. The predicted molar refractivity (Wildman–Crippen MR) is 84.0 cm³/mol. The molecule has 120 valence electrons. The van der Waals surface area contributed by atoms with E-state index in [1.54, 1.807) is 27.7 Å². The quantitative estimate of drug-likeness (QED) is 0.535. The molecule has 0 aliphatic carbocycles. The molecule has 7 heteroatoms. The molecule has 0 radical (unpaired) electrons. The van der Waals surface area contributed by atoms with E-state index in [-0.39, 0.29) is 10.0 Å². The van der Waals surface area contributed by atoms with E-state index in [1.807, 2.05) is 0 Å². The Morgan fingerprint density at radius 3 is 2.14 bits per heavy atom. The number of halogens is 4. The van der Waals surface area contributed by atoms with Gasteiger partial charge in [-0.05, 0) is 68.3 Å². The maximum absolute atomic E-state index is 14.4. The Kier molecular flexibility index (Phi) is 4.54. The molecule has 0 saturated carbocycles. The van der Waals surface area contributed by atoms with Crippen LogP contribution in [0, 0.1) is 18.6 Å². The molecule has 0 N–H and O–H groups in total. The molecule has 1 aliphatic heterocycles. The first kappa shape index (κ1) is 17.6. The third-order valence-electron chi connectivity index (χ3n) is 4.13. The first-order valence-corrected chi connectivity index (χ1v) is 7.62. The zero-order valence-corrected chi connectivity index (χ0v) is 14.6. The molecular weight excluding hydrogens is 360 g/mol. The fourth-order valence-electron chi connectivity index (χ4n) is 2.04. The fourth-order valence-corrected chi connectivity index (χ4v) is 2.60. The second kappa shape index (κ2) is 5.69. The van der Waals surface area contributed by atoms with Crippen LogP contribution >= 0.6 is 15.9 Å². The second-order valence-electron chi connectivity index (χ2n) is 6.33. The van der Waals surface area contributed by atoms with Gasteiger partial charge in [0.1, 0.15) is 17.4 Å². The summed E-state index contributed by atoms with van der Waals surface area (Å²) in [6, 6.07) is 1.30. The fraction of sp³-hybridized carbons (Fsp3) is 0.467. The van der Waals surface area contributed by atoms with Crippen LogP contribution in [0.4, 0.5) is 13.2 Å². The van der Waals surface area contributed by atoms with Crippen molar-refractivity contribution in [3.8, 4) is 0 Å². The SMILES string of the molecule is Cc1cc(Br)c(F)c(C=C(F)B2OC(C)(C)C(C)(C)O2)c1F. The van der Waals surface area contributed by atoms with Crippen molar-refractivity contribution >= 4 is 29.1 Å². The molecule has 1 aromatic carbocycles. The predicted octanol–water partition coefficient (Wildman–Crippen LogP) is 4.98. The van der Waals surface area contributed by atoms with E-state index in [4.69, 9.17) is 9.31 Å². The van der Waals surface area contributed by atoms with Crippen molar-refractivity contribution < 1.29 is 22.5 Å².